The van der Waals surface area contributed by atoms with E-state index in [9.17, 15) is 9.59 Å². The van der Waals surface area contributed by atoms with Crippen molar-refractivity contribution in [2.45, 2.75) is 6.42 Å². The molecule has 0 aliphatic carbocycles. The largest absolute Gasteiger partial charge is 0.481 e. The molecule has 7 heteroatoms. The molecular formula is C18H15N3O3S. The Labute approximate surface area is 148 Å². The van der Waals surface area contributed by atoms with Crippen LogP contribution < -0.4 is 4.90 Å². The van der Waals surface area contributed by atoms with Crippen molar-refractivity contribution < 1.29 is 14.7 Å². The van der Waals surface area contributed by atoms with E-state index in [1.54, 1.807) is 30.6 Å². The van der Waals surface area contributed by atoms with Gasteiger partial charge >= 0.3 is 5.97 Å². The smallest absolute Gasteiger partial charge is 0.304 e. The number of carbonyl (C=O) groups is 2. The summed E-state index contributed by atoms with van der Waals surface area (Å²) in [5, 5.41) is 9.30. The Balaban J connectivity index is 1.91. The number of amides is 1. The van der Waals surface area contributed by atoms with Gasteiger partial charge in [-0.2, -0.15) is 0 Å². The predicted molar refractivity (Wildman–Crippen MR) is 98.3 cm³/mol. The third-order valence-electron chi connectivity index (χ3n) is 3.40. The fourth-order valence-corrected chi connectivity index (χ4v) is 3.18. The van der Waals surface area contributed by atoms with Gasteiger partial charge in [-0.3, -0.25) is 19.5 Å². The molecule has 0 radical (unpaired) electrons. The van der Waals surface area contributed by atoms with E-state index in [1.807, 2.05) is 30.3 Å². The first kappa shape index (κ1) is 16.9. The van der Waals surface area contributed by atoms with Gasteiger partial charge in [-0.15, -0.1) is 0 Å². The average Bonchev–Trinajstić information content (AvgIpc) is 2.92. The molecule has 1 aliphatic rings. The number of para-hydroxylation sites is 1. The summed E-state index contributed by atoms with van der Waals surface area (Å²) < 4.78 is 0. The molecule has 0 atom stereocenters. The van der Waals surface area contributed by atoms with Crippen LogP contribution in [0.15, 0.2) is 65.5 Å². The summed E-state index contributed by atoms with van der Waals surface area (Å²) >= 11 is 1.25. The van der Waals surface area contributed by atoms with E-state index < -0.39 is 5.97 Å². The zero-order valence-electron chi connectivity index (χ0n) is 13.2. The molecule has 1 aromatic heterocycles. The van der Waals surface area contributed by atoms with E-state index in [-0.39, 0.29) is 12.3 Å². The SMILES string of the molecule is O=C(O)CCSC1=N/C(=C\c2ccncc2)C(=O)N1c1ccccc1. The zero-order valence-corrected chi connectivity index (χ0v) is 14.0. The summed E-state index contributed by atoms with van der Waals surface area (Å²) in [4.78, 5) is 33.4. The monoisotopic (exact) mass is 353 g/mol. The van der Waals surface area contributed by atoms with Crippen molar-refractivity contribution in [1.82, 2.24) is 4.98 Å². The molecule has 2 heterocycles. The number of nitrogens with zero attached hydrogens (tertiary/aromatic N) is 3. The van der Waals surface area contributed by atoms with Crippen LogP contribution in [0.3, 0.4) is 0 Å². The third kappa shape index (κ3) is 4.13. The van der Waals surface area contributed by atoms with E-state index in [4.69, 9.17) is 5.11 Å². The fraction of sp³-hybridized carbons (Fsp3) is 0.111. The highest BCUT2D eigenvalue weighted by Gasteiger charge is 2.31. The molecule has 0 bridgehead atoms. The van der Waals surface area contributed by atoms with E-state index >= 15 is 0 Å². The molecule has 1 amide bonds. The fourth-order valence-electron chi connectivity index (χ4n) is 2.25. The summed E-state index contributed by atoms with van der Waals surface area (Å²) in [5.41, 5.74) is 1.84. The molecule has 0 saturated carbocycles. The highest BCUT2D eigenvalue weighted by atomic mass is 32.2. The van der Waals surface area contributed by atoms with Gasteiger partial charge in [-0.05, 0) is 35.9 Å². The first-order chi connectivity index (χ1) is 12.1. The Morgan fingerprint density at radius 2 is 1.88 bits per heavy atom. The minimum absolute atomic E-state index is 0.00388. The number of hydrogen-bond donors (Lipinski definition) is 1. The number of amidine groups is 1. The van der Waals surface area contributed by atoms with E-state index in [1.165, 1.54) is 16.7 Å². The molecule has 6 nitrogen and oxygen atoms in total. The van der Waals surface area contributed by atoms with Crippen molar-refractivity contribution in [3.8, 4) is 0 Å². The first-order valence-electron chi connectivity index (χ1n) is 7.59. The maximum absolute atomic E-state index is 12.8. The van der Waals surface area contributed by atoms with Gasteiger partial charge in [0.2, 0.25) is 0 Å². The number of aliphatic imine (C=N–C) groups is 1. The number of anilines is 1. The van der Waals surface area contributed by atoms with Crippen molar-refractivity contribution in [1.29, 1.82) is 0 Å². The first-order valence-corrected chi connectivity index (χ1v) is 8.58. The highest BCUT2D eigenvalue weighted by molar-refractivity contribution is 8.14. The molecule has 126 valence electrons. The number of hydrogen-bond acceptors (Lipinski definition) is 5. The van der Waals surface area contributed by atoms with Crippen LogP contribution in [0.4, 0.5) is 5.69 Å². The topological polar surface area (TPSA) is 82.9 Å². The van der Waals surface area contributed by atoms with Gasteiger partial charge in [0.15, 0.2) is 5.17 Å². The minimum atomic E-state index is -0.878. The number of pyridine rings is 1. The Morgan fingerprint density at radius 3 is 2.56 bits per heavy atom. The molecule has 1 N–H and O–H groups in total. The Bertz CT molecular complexity index is 835. The number of rotatable bonds is 5. The van der Waals surface area contributed by atoms with Gasteiger partial charge in [0.25, 0.3) is 5.91 Å². The molecule has 1 aromatic carbocycles. The minimum Gasteiger partial charge on any atom is -0.481 e. The number of benzene rings is 1. The average molecular weight is 353 g/mol. The summed E-state index contributed by atoms with van der Waals surface area (Å²) in [5.74, 6) is -0.773. The van der Waals surface area contributed by atoms with Crippen molar-refractivity contribution in [3.63, 3.8) is 0 Å². The molecule has 0 unspecified atom stereocenters. The lowest BCUT2D eigenvalue weighted by Crippen LogP contribution is -2.30. The van der Waals surface area contributed by atoms with Crippen LogP contribution in [-0.4, -0.2) is 32.9 Å². The van der Waals surface area contributed by atoms with Crippen molar-refractivity contribution >= 4 is 40.6 Å². The van der Waals surface area contributed by atoms with Crippen LogP contribution >= 0.6 is 11.8 Å². The summed E-state index contributed by atoms with van der Waals surface area (Å²) in [6.45, 7) is 0. The maximum Gasteiger partial charge on any atom is 0.304 e. The molecular weight excluding hydrogens is 338 g/mol. The summed E-state index contributed by atoms with van der Waals surface area (Å²) in [6.07, 6.45) is 4.99. The van der Waals surface area contributed by atoms with Gasteiger partial charge in [-0.25, -0.2) is 4.99 Å². The van der Waals surface area contributed by atoms with Crippen molar-refractivity contribution in [2.75, 3.05) is 10.7 Å². The molecule has 25 heavy (non-hydrogen) atoms. The molecule has 0 fully saturated rings. The number of carboxylic acid groups (broad SMARTS) is 1. The van der Waals surface area contributed by atoms with E-state index in [2.05, 4.69) is 9.98 Å². The van der Waals surface area contributed by atoms with Crippen LogP contribution in [0.2, 0.25) is 0 Å². The Kier molecular flexibility index (Phi) is 5.25. The lowest BCUT2D eigenvalue weighted by Gasteiger charge is -2.17. The standard InChI is InChI=1S/C18H15N3O3S/c22-16(23)8-11-25-18-20-15(12-13-6-9-19-10-7-13)17(24)21(18)14-4-2-1-3-5-14/h1-7,9-10,12H,8,11H2,(H,22,23)/b15-12-. The Morgan fingerprint density at radius 1 is 1.16 bits per heavy atom. The zero-order chi connectivity index (χ0) is 17.6. The second-order valence-electron chi connectivity index (χ2n) is 5.17. The lowest BCUT2D eigenvalue weighted by molar-refractivity contribution is -0.136. The summed E-state index contributed by atoms with van der Waals surface area (Å²) in [7, 11) is 0. The number of thioether (sulfide) groups is 1. The third-order valence-corrected chi connectivity index (χ3v) is 4.34. The van der Waals surface area contributed by atoms with Gasteiger partial charge in [-0.1, -0.05) is 30.0 Å². The normalized spacial score (nSPS) is 15.5. The maximum atomic E-state index is 12.8. The molecule has 2 aromatic rings. The number of aliphatic carboxylic acids is 1. The van der Waals surface area contributed by atoms with Gasteiger partial charge in [0.1, 0.15) is 5.70 Å². The van der Waals surface area contributed by atoms with Gasteiger partial charge < -0.3 is 5.11 Å². The molecule has 1 aliphatic heterocycles. The van der Waals surface area contributed by atoms with Gasteiger partial charge in [0, 0.05) is 18.1 Å². The van der Waals surface area contributed by atoms with Crippen molar-refractivity contribution in [3.05, 3.63) is 66.1 Å². The molecule has 0 saturated heterocycles. The van der Waals surface area contributed by atoms with E-state index in [0.717, 1.165) is 5.56 Å². The van der Waals surface area contributed by atoms with E-state index in [0.29, 0.717) is 22.3 Å². The number of aromatic nitrogens is 1. The van der Waals surface area contributed by atoms with Crippen molar-refractivity contribution in [2.24, 2.45) is 4.99 Å². The highest BCUT2D eigenvalue weighted by Crippen LogP contribution is 2.29. The van der Waals surface area contributed by atoms with Crippen LogP contribution in [0.5, 0.6) is 0 Å². The molecule has 3 rings (SSSR count). The molecule has 0 spiro atoms. The Hall–Kier alpha value is -2.93. The quantitative estimate of drug-likeness (QED) is 0.836. The number of carboxylic acids is 1. The summed E-state index contributed by atoms with van der Waals surface area (Å²) in [6, 6.07) is 12.8. The van der Waals surface area contributed by atoms with Gasteiger partial charge in [0.05, 0.1) is 12.1 Å². The van der Waals surface area contributed by atoms with Crippen LogP contribution in [0.25, 0.3) is 6.08 Å². The lowest BCUT2D eigenvalue weighted by atomic mass is 10.2. The second kappa shape index (κ2) is 7.76. The second-order valence-corrected chi connectivity index (χ2v) is 6.23. The van der Waals surface area contributed by atoms with Crippen LogP contribution in [0.1, 0.15) is 12.0 Å². The van der Waals surface area contributed by atoms with Crippen LogP contribution in [0, 0.1) is 0 Å². The van der Waals surface area contributed by atoms with Crippen LogP contribution in [-0.2, 0) is 9.59 Å². The predicted octanol–water partition coefficient (Wildman–Crippen LogP) is 3.03. The number of carbonyl (C=O) groups excluding carboxylic acids is 1.